The Bertz CT molecular complexity index is 730. The molecule has 0 radical (unpaired) electrons. The maximum absolute atomic E-state index is 12.5. The molecule has 2 aromatic rings. The number of rotatable bonds is 7. The lowest BCUT2D eigenvalue weighted by Gasteiger charge is -2.26. The van der Waals surface area contributed by atoms with E-state index in [0.29, 0.717) is 23.6 Å². The van der Waals surface area contributed by atoms with Gasteiger partial charge in [0.05, 0.1) is 14.2 Å². The van der Waals surface area contributed by atoms with E-state index in [9.17, 15) is 4.79 Å². The summed E-state index contributed by atoms with van der Waals surface area (Å²) in [4.78, 5) is 15.0. The highest BCUT2D eigenvalue weighted by Crippen LogP contribution is 2.22. The van der Waals surface area contributed by atoms with Crippen LogP contribution >= 0.6 is 0 Å². The number of ether oxygens (including phenoxy) is 2. The molecule has 1 heterocycles. The zero-order chi connectivity index (χ0) is 19.1. The highest BCUT2D eigenvalue weighted by molar-refractivity contribution is 5.95. The third-order valence-corrected chi connectivity index (χ3v) is 4.94. The van der Waals surface area contributed by atoms with Gasteiger partial charge >= 0.3 is 0 Å². The van der Waals surface area contributed by atoms with Crippen LogP contribution in [0.15, 0.2) is 42.5 Å². The van der Waals surface area contributed by atoms with Crippen molar-refractivity contribution >= 4 is 5.91 Å². The molecule has 0 atom stereocenters. The van der Waals surface area contributed by atoms with Gasteiger partial charge < -0.3 is 14.8 Å². The molecule has 5 heteroatoms. The first-order valence-electron chi connectivity index (χ1n) is 9.49. The van der Waals surface area contributed by atoms with E-state index in [-0.39, 0.29) is 5.91 Å². The van der Waals surface area contributed by atoms with E-state index in [0.717, 1.165) is 12.1 Å². The number of benzene rings is 2. The maximum Gasteiger partial charge on any atom is 0.251 e. The highest BCUT2D eigenvalue weighted by Gasteiger charge is 2.11. The van der Waals surface area contributed by atoms with Crippen molar-refractivity contribution in [1.82, 2.24) is 10.2 Å². The smallest absolute Gasteiger partial charge is 0.251 e. The van der Waals surface area contributed by atoms with Crippen LogP contribution in [0.3, 0.4) is 0 Å². The Morgan fingerprint density at radius 1 is 0.926 bits per heavy atom. The van der Waals surface area contributed by atoms with E-state index in [2.05, 4.69) is 34.5 Å². The van der Waals surface area contributed by atoms with Gasteiger partial charge in [0, 0.05) is 24.7 Å². The summed E-state index contributed by atoms with van der Waals surface area (Å²) in [5.41, 5.74) is 2.93. The van der Waals surface area contributed by atoms with Crippen LogP contribution in [0.4, 0.5) is 0 Å². The third-order valence-electron chi connectivity index (χ3n) is 4.94. The van der Waals surface area contributed by atoms with Gasteiger partial charge in [-0.15, -0.1) is 0 Å². The molecule has 0 aliphatic carbocycles. The van der Waals surface area contributed by atoms with Crippen molar-refractivity contribution in [2.45, 2.75) is 32.4 Å². The molecular weight excluding hydrogens is 340 g/mol. The number of nitrogens with zero attached hydrogens (tertiary/aromatic N) is 1. The number of carbonyl (C=O) groups is 1. The van der Waals surface area contributed by atoms with E-state index in [1.807, 2.05) is 0 Å². The van der Waals surface area contributed by atoms with Crippen molar-refractivity contribution in [3.63, 3.8) is 0 Å². The molecule has 1 aliphatic rings. The summed E-state index contributed by atoms with van der Waals surface area (Å²) in [5, 5.41) is 2.96. The fourth-order valence-corrected chi connectivity index (χ4v) is 3.36. The zero-order valence-electron chi connectivity index (χ0n) is 16.2. The second-order valence-corrected chi connectivity index (χ2v) is 6.94. The number of carbonyl (C=O) groups excluding carboxylic acids is 1. The minimum absolute atomic E-state index is 0.149. The second-order valence-electron chi connectivity index (χ2n) is 6.94. The second kappa shape index (κ2) is 9.42. The first-order valence-corrected chi connectivity index (χ1v) is 9.49. The Morgan fingerprint density at radius 2 is 1.52 bits per heavy atom. The first kappa shape index (κ1) is 19.2. The number of amides is 1. The van der Waals surface area contributed by atoms with Gasteiger partial charge in [0.15, 0.2) is 0 Å². The van der Waals surface area contributed by atoms with Crippen molar-refractivity contribution in [1.29, 1.82) is 0 Å². The Kier molecular flexibility index (Phi) is 6.71. The number of hydrogen-bond acceptors (Lipinski definition) is 4. The fraction of sp³-hybridized carbons (Fsp3) is 0.409. The molecule has 3 rings (SSSR count). The third kappa shape index (κ3) is 5.47. The lowest BCUT2D eigenvalue weighted by molar-refractivity contribution is 0.0950. The van der Waals surface area contributed by atoms with Crippen molar-refractivity contribution < 1.29 is 14.3 Å². The van der Waals surface area contributed by atoms with Crippen molar-refractivity contribution in [2.75, 3.05) is 27.3 Å². The monoisotopic (exact) mass is 368 g/mol. The molecular formula is C22H28N2O3. The number of likely N-dealkylation sites (tertiary alicyclic amines) is 1. The SMILES string of the molecule is COc1cc(OC)cc(C(=O)NCc2ccc(CN3CCCCC3)cc2)c1. The molecule has 27 heavy (non-hydrogen) atoms. The summed E-state index contributed by atoms with van der Waals surface area (Å²) < 4.78 is 10.4. The van der Waals surface area contributed by atoms with Crippen LogP contribution in [0.2, 0.25) is 0 Å². The average Bonchev–Trinajstić information content (AvgIpc) is 2.73. The Hall–Kier alpha value is -2.53. The van der Waals surface area contributed by atoms with E-state index in [1.54, 1.807) is 32.4 Å². The van der Waals surface area contributed by atoms with Crippen LogP contribution < -0.4 is 14.8 Å². The van der Waals surface area contributed by atoms with Crippen molar-refractivity contribution in [3.8, 4) is 11.5 Å². The minimum Gasteiger partial charge on any atom is -0.497 e. The molecule has 1 N–H and O–H groups in total. The van der Waals surface area contributed by atoms with Crippen molar-refractivity contribution in [3.05, 3.63) is 59.2 Å². The summed E-state index contributed by atoms with van der Waals surface area (Å²) >= 11 is 0. The molecule has 0 bridgehead atoms. The number of nitrogens with one attached hydrogen (secondary N) is 1. The molecule has 0 aromatic heterocycles. The van der Waals surface area contributed by atoms with Gasteiger partial charge in [-0.25, -0.2) is 0 Å². The van der Waals surface area contributed by atoms with E-state index in [1.165, 1.54) is 37.9 Å². The quantitative estimate of drug-likeness (QED) is 0.811. The molecule has 0 unspecified atom stereocenters. The van der Waals surface area contributed by atoms with E-state index >= 15 is 0 Å². The van der Waals surface area contributed by atoms with Crippen LogP contribution in [-0.4, -0.2) is 38.1 Å². The molecule has 1 aliphatic heterocycles. The highest BCUT2D eigenvalue weighted by atomic mass is 16.5. The first-order chi connectivity index (χ1) is 13.2. The van der Waals surface area contributed by atoms with Gasteiger partial charge in [0.25, 0.3) is 5.91 Å². The Balaban J connectivity index is 1.55. The predicted octanol–water partition coefficient (Wildman–Crippen LogP) is 3.62. The van der Waals surface area contributed by atoms with Gasteiger partial charge in [0.1, 0.15) is 11.5 Å². The van der Waals surface area contributed by atoms with Crippen LogP contribution in [-0.2, 0) is 13.1 Å². The van der Waals surface area contributed by atoms with Crippen LogP contribution in [0.1, 0.15) is 40.7 Å². The van der Waals surface area contributed by atoms with Crippen LogP contribution in [0.25, 0.3) is 0 Å². The summed E-state index contributed by atoms with van der Waals surface area (Å²) in [7, 11) is 3.14. The fourth-order valence-electron chi connectivity index (χ4n) is 3.36. The normalized spacial score (nSPS) is 14.6. The van der Waals surface area contributed by atoms with Crippen LogP contribution in [0, 0.1) is 0 Å². The van der Waals surface area contributed by atoms with Gasteiger partial charge in [-0.3, -0.25) is 9.69 Å². The summed E-state index contributed by atoms with van der Waals surface area (Å²) in [5.74, 6) is 1.05. The van der Waals surface area contributed by atoms with Gasteiger partial charge in [-0.2, -0.15) is 0 Å². The Morgan fingerprint density at radius 3 is 2.11 bits per heavy atom. The predicted molar refractivity (Wildman–Crippen MR) is 106 cm³/mol. The lowest BCUT2D eigenvalue weighted by Crippen LogP contribution is -2.29. The maximum atomic E-state index is 12.5. The van der Waals surface area contributed by atoms with Gasteiger partial charge in [-0.05, 0) is 49.2 Å². The van der Waals surface area contributed by atoms with E-state index in [4.69, 9.17) is 9.47 Å². The molecule has 1 fully saturated rings. The zero-order valence-corrected chi connectivity index (χ0v) is 16.2. The molecule has 0 spiro atoms. The minimum atomic E-state index is -0.149. The molecule has 1 amide bonds. The topological polar surface area (TPSA) is 50.8 Å². The summed E-state index contributed by atoms with van der Waals surface area (Å²) in [6.45, 7) is 3.89. The number of hydrogen-bond donors (Lipinski definition) is 1. The largest absolute Gasteiger partial charge is 0.497 e. The van der Waals surface area contributed by atoms with E-state index < -0.39 is 0 Å². The molecule has 1 saturated heterocycles. The summed E-state index contributed by atoms with van der Waals surface area (Å²) in [6.07, 6.45) is 3.96. The summed E-state index contributed by atoms with van der Waals surface area (Å²) in [6, 6.07) is 13.7. The molecule has 0 saturated carbocycles. The Labute approximate surface area is 161 Å². The van der Waals surface area contributed by atoms with Gasteiger partial charge in [0.2, 0.25) is 0 Å². The molecule has 144 valence electrons. The molecule has 5 nitrogen and oxygen atoms in total. The number of piperidine rings is 1. The standard InChI is InChI=1S/C22H28N2O3/c1-26-20-12-19(13-21(14-20)27-2)22(25)23-15-17-6-8-18(9-7-17)16-24-10-4-3-5-11-24/h6-9,12-14H,3-5,10-11,15-16H2,1-2H3,(H,23,25). The molecule has 2 aromatic carbocycles. The van der Waals surface area contributed by atoms with Gasteiger partial charge in [-0.1, -0.05) is 30.7 Å². The van der Waals surface area contributed by atoms with Crippen molar-refractivity contribution in [2.24, 2.45) is 0 Å². The lowest BCUT2D eigenvalue weighted by atomic mass is 10.1. The number of methoxy groups -OCH3 is 2. The van der Waals surface area contributed by atoms with Crippen LogP contribution in [0.5, 0.6) is 11.5 Å². The average molecular weight is 368 g/mol.